The summed E-state index contributed by atoms with van der Waals surface area (Å²) in [5.41, 5.74) is 1.11. The molecule has 1 fully saturated rings. The summed E-state index contributed by atoms with van der Waals surface area (Å²) in [7, 11) is 0. The number of nitrogens with one attached hydrogen (secondary N) is 2. The van der Waals surface area contributed by atoms with Crippen LogP contribution in [0.25, 0.3) is 10.8 Å². The van der Waals surface area contributed by atoms with Gasteiger partial charge in [0, 0.05) is 31.9 Å². The minimum Gasteiger partial charge on any atom is -0.339 e. The number of anilines is 1. The monoisotopic (exact) mass is 449 g/mol. The molecular weight excluding hydrogens is 422 g/mol. The lowest BCUT2D eigenvalue weighted by Gasteiger charge is -2.34. The first kappa shape index (κ1) is 22.5. The fourth-order valence-corrected chi connectivity index (χ4v) is 4.09. The topological polar surface area (TPSA) is 108 Å². The third-order valence-electron chi connectivity index (χ3n) is 5.94. The highest BCUT2D eigenvalue weighted by atomic mass is 16.2. The fourth-order valence-electron chi connectivity index (χ4n) is 4.09. The van der Waals surface area contributed by atoms with Crippen molar-refractivity contribution in [3.05, 3.63) is 74.8 Å². The predicted octanol–water partition coefficient (Wildman–Crippen LogP) is 1.04. The van der Waals surface area contributed by atoms with Crippen molar-refractivity contribution < 1.29 is 9.59 Å². The number of aryl methyl sites for hydroxylation is 1. The van der Waals surface area contributed by atoms with E-state index in [1.807, 2.05) is 36.1 Å². The van der Waals surface area contributed by atoms with Crippen LogP contribution in [0.3, 0.4) is 0 Å². The van der Waals surface area contributed by atoms with Crippen LogP contribution in [0, 0.1) is 0 Å². The van der Waals surface area contributed by atoms with Crippen molar-refractivity contribution in [3.63, 3.8) is 0 Å². The SMILES string of the molecule is CCc1ccccc1NC(=O)CN1CCN(C(=O)Cn2[nH]c(=O)c3ccccc3c2=O)CC1. The van der Waals surface area contributed by atoms with Gasteiger partial charge >= 0.3 is 0 Å². The van der Waals surface area contributed by atoms with E-state index in [0.29, 0.717) is 31.6 Å². The van der Waals surface area contributed by atoms with Gasteiger partial charge < -0.3 is 10.2 Å². The molecule has 0 unspecified atom stereocenters. The molecule has 2 N–H and O–H groups in total. The highest BCUT2D eigenvalue weighted by Crippen LogP contribution is 2.15. The summed E-state index contributed by atoms with van der Waals surface area (Å²) < 4.78 is 1.07. The molecule has 0 saturated carbocycles. The number of aromatic amines is 1. The van der Waals surface area contributed by atoms with Gasteiger partial charge in [0.25, 0.3) is 11.1 Å². The first-order valence-corrected chi connectivity index (χ1v) is 11.1. The van der Waals surface area contributed by atoms with Gasteiger partial charge in [0.1, 0.15) is 6.54 Å². The number of aromatic nitrogens is 2. The number of rotatable bonds is 6. The molecule has 0 spiro atoms. The van der Waals surface area contributed by atoms with Gasteiger partial charge in [-0.2, -0.15) is 0 Å². The second-order valence-corrected chi connectivity index (χ2v) is 8.09. The fraction of sp³-hybridized carbons (Fsp3) is 0.333. The molecule has 1 aliphatic rings. The van der Waals surface area contributed by atoms with Gasteiger partial charge in [0.2, 0.25) is 11.8 Å². The number of piperazine rings is 1. The molecule has 2 heterocycles. The molecule has 2 aromatic carbocycles. The largest absolute Gasteiger partial charge is 0.339 e. The van der Waals surface area contributed by atoms with Gasteiger partial charge in [-0.15, -0.1) is 0 Å². The van der Waals surface area contributed by atoms with Crippen molar-refractivity contribution in [2.45, 2.75) is 19.9 Å². The van der Waals surface area contributed by atoms with Crippen LogP contribution >= 0.6 is 0 Å². The first-order valence-electron chi connectivity index (χ1n) is 11.1. The highest BCUT2D eigenvalue weighted by Gasteiger charge is 2.23. The maximum atomic E-state index is 12.8. The minimum absolute atomic E-state index is 0.0871. The number of H-pyrrole nitrogens is 1. The number of carbonyl (C=O) groups is 2. The maximum absolute atomic E-state index is 12.8. The molecule has 2 amide bonds. The van der Waals surface area contributed by atoms with Crippen LogP contribution in [0.15, 0.2) is 58.1 Å². The lowest BCUT2D eigenvalue weighted by atomic mass is 10.1. The van der Waals surface area contributed by atoms with Crippen LogP contribution in [0.2, 0.25) is 0 Å². The van der Waals surface area contributed by atoms with E-state index in [1.54, 1.807) is 29.2 Å². The minimum atomic E-state index is -0.404. The molecular formula is C24H27N5O4. The molecule has 1 aliphatic heterocycles. The molecule has 3 aromatic rings. The third kappa shape index (κ3) is 5.04. The Balaban J connectivity index is 1.33. The van der Waals surface area contributed by atoms with E-state index < -0.39 is 11.1 Å². The van der Waals surface area contributed by atoms with Gasteiger partial charge in [-0.25, -0.2) is 4.68 Å². The van der Waals surface area contributed by atoms with Gasteiger partial charge in [-0.05, 0) is 30.2 Å². The van der Waals surface area contributed by atoms with E-state index in [2.05, 4.69) is 10.4 Å². The average Bonchev–Trinajstić information content (AvgIpc) is 2.83. The Morgan fingerprint density at radius 1 is 0.909 bits per heavy atom. The van der Waals surface area contributed by atoms with Crippen LogP contribution in [0.5, 0.6) is 0 Å². The second kappa shape index (κ2) is 9.83. The van der Waals surface area contributed by atoms with Crippen molar-refractivity contribution in [2.75, 3.05) is 38.0 Å². The number of amides is 2. The van der Waals surface area contributed by atoms with E-state index in [0.717, 1.165) is 22.4 Å². The number of nitrogens with zero attached hydrogens (tertiary/aromatic N) is 3. The Morgan fingerprint density at radius 3 is 2.30 bits per heavy atom. The van der Waals surface area contributed by atoms with Gasteiger partial charge in [-0.3, -0.25) is 29.2 Å². The zero-order valence-electron chi connectivity index (χ0n) is 18.5. The number of carbonyl (C=O) groups excluding carboxylic acids is 2. The van der Waals surface area contributed by atoms with Gasteiger partial charge in [0.05, 0.1) is 17.3 Å². The summed E-state index contributed by atoms with van der Waals surface area (Å²) in [6, 6.07) is 14.3. The zero-order chi connectivity index (χ0) is 23.4. The van der Waals surface area contributed by atoms with Crippen molar-refractivity contribution >= 4 is 28.3 Å². The third-order valence-corrected chi connectivity index (χ3v) is 5.94. The Morgan fingerprint density at radius 2 is 1.58 bits per heavy atom. The average molecular weight is 450 g/mol. The van der Waals surface area contributed by atoms with E-state index in [4.69, 9.17) is 0 Å². The first-order chi connectivity index (χ1) is 16.0. The smallest absolute Gasteiger partial charge is 0.273 e. The van der Waals surface area contributed by atoms with Crippen molar-refractivity contribution in [3.8, 4) is 0 Å². The summed E-state index contributed by atoms with van der Waals surface area (Å²) in [6.07, 6.45) is 0.836. The predicted molar refractivity (Wildman–Crippen MR) is 126 cm³/mol. The van der Waals surface area contributed by atoms with Crippen molar-refractivity contribution in [2.24, 2.45) is 0 Å². The second-order valence-electron chi connectivity index (χ2n) is 8.09. The van der Waals surface area contributed by atoms with Crippen LogP contribution < -0.4 is 16.4 Å². The molecule has 0 radical (unpaired) electrons. The lowest BCUT2D eigenvalue weighted by molar-refractivity contribution is -0.134. The summed E-state index contributed by atoms with van der Waals surface area (Å²) >= 11 is 0. The van der Waals surface area contributed by atoms with Crippen molar-refractivity contribution in [1.29, 1.82) is 0 Å². The number of para-hydroxylation sites is 1. The molecule has 1 aromatic heterocycles. The Bertz CT molecular complexity index is 1290. The molecule has 0 aliphatic carbocycles. The number of benzene rings is 2. The van der Waals surface area contributed by atoms with Crippen LogP contribution in [0.4, 0.5) is 5.69 Å². The highest BCUT2D eigenvalue weighted by molar-refractivity contribution is 5.93. The number of hydrogen-bond acceptors (Lipinski definition) is 5. The van der Waals surface area contributed by atoms with E-state index in [1.165, 1.54) is 0 Å². The van der Waals surface area contributed by atoms with Gasteiger partial charge in [0.15, 0.2) is 0 Å². The molecule has 9 heteroatoms. The Labute approximate surface area is 190 Å². The molecule has 9 nitrogen and oxygen atoms in total. The molecule has 33 heavy (non-hydrogen) atoms. The molecule has 1 saturated heterocycles. The molecule has 172 valence electrons. The van der Waals surface area contributed by atoms with E-state index in [-0.39, 0.29) is 30.3 Å². The van der Waals surface area contributed by atoms with Gasteiger partial charge in [-0.1, -0.05) is 37.3 Å². The maximum Gasteiger partial charge on any atom is 0.273 e. The number of fused-ring (bicyclic) bond motifs is 1. The Kier molecular flexibility index (Phi) is 6.69. The summed E-state index contributed by atoms with van der Waals surface area (Å²) in [5.74, 6) is -0.333. The molecule has 4 rings (SSSR count). The summed E-state index contributed by atoms with van der Waals surface area (Å²) in [6.45, 7) is 4.07. The van der Waals surface area contributed by atoms with E-state index in [9.17, 15) is 19.2 Å². The lowest BCUT2D eigenvalue weighted by Crippen LogP contribution is -2.51. The Hall–Kier alpha value is -3.72. The van der Waals surface area contributed by atoms with Crippen LogP contribution in [-0.2, 0) is 22.6 Å². The van der Waals surface area contributed by atoms with Crippen LogP contribution in [0.1, 0.15) is 12.5 Å². The molecule has 0 atom stereocenters. The summed E-state index contributed by atoms with van der Waals surface area (Å²) in [5, 5.41) is 6.05. The molecule has 0 bridgehead atoms. The quantitative estimate of drug-likeness (QED) is 0.585. The van der Waals surface area contributed by atoms with Crippen LogP contribution in [-0.4, -0.2) is 64.1 Å². The normalized spacial score (nSPS) is 14.4. The standard InChI is InChI=1S/C24H27N5O4/c1-2-17-7-3-6-10-20(17)25-21(30)15-27-11-13-28(14-12-27)22(31)16-29-24(33)19-9-5-4-8-18(19)23(32)26-29/h3-10H,2,11-16H2,1H3,(H,25,30)(H,26,32). The number of hydrogen-bond donors (Lipinski definition) is 2. The van der Waals surface area contributed by atoms with Crippen molar-refractivity contribution in [1.82, 2.24) is 19.6 Å². The summed E-state index contributed by atoms with van der Waals surface area (Å²) in [4.78, 5) is 53.8. The van der Waals surface area contributed by atoms with E-state index >= 15 is 0 Å². The zero-order valence-corrected chi connectivity index (χ0v) is 18.5.